The number of aromatic nitrogens is 2. The molecular weight excluding hydrogens is 276 g/mol. The van der Waals surface area contributed by atoms with Crippen LogP contribution >= 0.6 is 0 Å². The topological polar surface area (TPSA) is 86.8 Å². The molecule has 0 bridgehead atoms. The van der Waals surface area contributed by atoms with Crippen molar-refractivity contribution in [1.82, 2.24) is 10.1 Å². The highest BCUT2D eigenvalue weighted by atomic mass is 16.6. The number of ether oxygens (including phenoxy) is 3. The molecule has 1 aliphatic heterocycles. The minimum atomic E-state index is -0.674. The normalized spacial score (nSPS) is 18.5. The average molecular weight is 292 g/mol. The molecule has 0 radical (unpaired) electrons. The Bertz CT molecular complexity index is 601. The molecule has 2 heterocycles. The van der Waals surface area contributed by atoms with E-state index in [2.05, 4.69) is 10.1 Å². The fraction of sp³-hybridized carbons (Fsp3) is 0.429. The van der Waals surface area contributed by atoms with Gasteiger partial charge in [0.15, 0.2) is 17.6 Å². The van der Waals surface area contributed by atoms with Gasteiger partial charge in [-0.05, 0) is 12.1 Å². The molecule has 0 saturated heterocycles. The Balaban J connectivity index is 1.67. The molecule has 1 aromatic carbocycles. The Morgan fingerprint density at radius 3 is 3.00 bits per heavy atom. The first kappa shape index (κ1) is 13.8. The van der Waals surface area contributed by atoms with Crippen LogP contribution in [0.15, 0.2) is 28.8 Å². The standard InChI is InChI=1S/C14H16N2O5/c1-18-7-9(17)6-13-15-14(16-21-13)12-8-19-10-4-2-3-5-11(10)20-12/h2-5,9,12,17H,6-8H2,1H3. The van der Waals surface area contributed by atoms with Crippen molar-refractivity contribution in [3.63, 3.8) is 0 Å². The lowest BCUT2D eigenvalue weighted by Crippen LogP contribution is -2.22. The van der Waals surface area contributed by atoms with Gasteiger partial charge in [-0.1, -0.05) is 17.3 Å². The third-order valence-electron chi connectivity index (χ3n) is 3.05. The second-order valence-electron chi connectivity index (χ2n) is 4.72. The van der Waals surface area contributed by atoms with E-state index in [4.69, 9.17) is 18.7 Å². The number of aliphatic hydroxyl groups excluding tert-OH is 1. The molecule has 2 aromatic rings. The van der Waals surface area contributed by atoms with Crippen molar-refractivity contribution in [2.75, 3.05) is 20.3 Å². The van der Waals surface area contributed by atoms with Gasteiger partial charge in [0.05, 0.1) is 19.1 Å². The number of para-hydroxylation sites is 2. The van der Waals surface area contributed by atoms with Crippen LogP contribution in [0.3, 0.4) is 0 Å². The van der Waals surface area contributed by atoms with Crippen LogP contribution < -0.4 is 9.47 Å². The summed E-state index contributed by atoms with van der Waals surface area (Å²) in [6, 6.07) is 7.42. The molecule has 7 heteroatoms. The van der Waals surface area contributed by atoms with Crippen molar-refractivity contribution in [3.8, 4) is 11.5 Å². The van der Waals surface area contributed by atoms with Crippen molar-refractivity contribution in [2.24, 2.45) is 0 Å². The van der Waals surface area contributed by atoms with Crippen LogP contribution in [0.25, 0.3) is 0 Å². The summed E-state index contributed by atoms with van der Waals surface area (Å²) in [6.45, 7) is 0.532. The second kappa shape index (κ2) is 6.11. The van der Waals surface area contributed by atoms with Gasteiger partial charge in [-0.25, -0.2) is 0 Å². The summed E-state index contributed by atoms with van der Waals surface area (Å²) in [5, 5.41) is 13.5. The molecule has 1 N–H and O–H groups in total. The van der Waals surface area contributed by atoms with Crippen LogP contribution in [0.1, 0.15) is 17.8 Å². The van der Waals surface area contributed by atoms with Crippen LogP contribution in [0.4, 0.5) is 0 Å². The predicted molar refractivity (Wildman–Crippen MR) is 71.2 cm³/mol. The van der Waals surface area contributed by atoms with E-state index in [1.165, 1.54) is 7.11 Å². The van der Waals surface area contributed by atoms with Gasteiger partial charge in [-0.15, -0.1) is 0 Å². The SMILES string of the molecule is COCC(O)Cc1nc(C2COc3ccccc3O2)no1. The lowest BCUT2D eigenvalue weighted by Gasteiger charge is -2.24. The molecule has 1 aromatic heterocycles. The van der Waals surface area contributed by atoms with E-state index in [0.717, 1.165) is 0 Å². The van der Waals surface area contributed by atoms with E-state index in [-0.39, 0.29) is 13.0 Å². The number of benzene rings is 1. The molecule has 7 nitrogen and oxygen atoms in total. The number of fused-ring (bicyclic) bond motifs is 1. The first-order chi connectivity index (χ1) is 10.3. The molecule has 0 aliphatic carbocycles. The lowest BCUT2D eigenvalue weighted by atomic mass is 10.2. The lowest BCUT2D eigenvalue weighted by molar-refractivity contribution is 0.0599. The molecule has 112 valence electrons. The summed E-state index contributed by atoms with van der Waals surface area (Å²) in [5.41, 5.74) is 0. The predicted octanol–water partition coefficient (Wildman–Crippen LogP) is 1.13. The molecule has 0 fully saturated rings. The number of hydrogen-bond donors (Lipinski definition) is 1. The molecule has 21 heavy (non-hydrogen) atoms. The van der Waals surface area contributed by atoms with E-state index >= 15 is 0 Å². The maximum absolute atomic E-state index is 9.64. The number of aliphatic hydroxyl groups is 1. The number of nitrogens with zero attached hydrogens (tertiary/aromatic N) is 2. The van der Waals surface area contributed by atoms with Crippen LogP contribution in [0, 0.1) is 0 Å². The molecule has 1 aliphatic rings. The molecule has 0 saturated carbocycles. The fourth-order valence-corrected chi connectivity index (χ4v) is 2.08. The number of methoxy groups -OCH3 is 1. The van der Waals surface area contributed by atoms with Gasteiger partial charge >= 0.3 is 0 Å². The molecule has 0 spiro atoms. The van der Waals surface area contributed by atoms with Crippen molar-refractivity contribution >= 4 is 0 Å². The highest BCUT2D eigenvalue weighted by molar-refractivity contribution is 5.40. The van der Waals surface area contributed by atoms with E-state index in [1.54, 1.807) is 0 Å². The summed E-state index contributed by atoms with van der Waals surface area (Å²) in [6.07, 6.45) is -0.852. The third-order valence-corrected chi connectivity index (χ3v) is 3.05. The zero-order valence-electron chi connectivity index (χ0n) is 11.6. The Hall–Kier alpha value is -2.12. The van der Waals surface area contributed by atoms with Gasteiger partial charge in [0.2, 0.25) is 11.7 Å². The van der Waals surface area contributed by atoms with Gasteiger partial charge in [0.1, 0.15) is 6.61 Å². The van der Waals surface area contributed by atoms with E-state index < -0.39 is 12.2 Å². The highest BCUT2D eigenvalue weighted by Gasteiger charge is 2.27. The number of rotatable bonds is 5. The molecule has 3 rings (SSSR count). The smallest absolute Gasteiger partial charge is 0.229 e. The van der Waals surface area contributed by atoms with Crippen LogP contribution in [-0.2, 0) is 11.2 Å². The highest BCUT2D eigenvalue weighted by Crippen LogP contribution is 2.35. The van der Waals surface area contributed by atoms with E-state index in [9.17, 15) is 5.11 Å². The number of hydrogen-bond acceptors (Lipinski definition) is 7. The maximum Gasteiger partial charge on any atom is 0.229 e. The molecular formula is C14H16N2O5. The largest absolute Gasteiger partial charge is 0.485 e. The van der Waals surface area contributed by atoms with Crippen LogP contribution in [0.5, 0.6) is 11.5 Å². The molecule has 0 amide bonds. The van der Waals surface area contributed by atoms with Crippen molar-refractivity contribution < 1.29 is 23.8 Å². The van der Waals surface area contributed by atoms with Gasteiger partial charge in [0, 0.05) is 7.11 Å². The summed E-state index contributed by atoms with van der Waals surface area (Å²) in [4.78, 5) is 4.23. The fourth-order valence-electron chi connectivity index (χ4n) is 2.08. The summed E-state index contributed by atoms with van der Waals surface area (Å²) in [5.74, 6) is 2.11. The monoisotopic (exact) mass is 292 g/mol. The Morgan fingerprint density at radius 1 is 1.38 bits per heavy atom. The first-order valence-electron chi connectivity index (χ1n) is 6.64. The Morgan fingerprint density at radius 2 is 2.19 bits per heavy atom. The van der Waals surface area contributed by atoms with Gasteiger partial charge in [-0.2, -0.15) is 4.98 Å². The van der Waals surface area contributed by atoms with Gasteiger partial charge < -0.3 is 23.8 Å². The van der Waals surface area contributed by atoms with E-state index in [0.29, 0.717) is 29.8 Å². The summed E-state index contributed by atoms with van der Waals surface area (Å²) < 4.78 is 21.4. The molecule has 2 unspecified atom stereocenters. The van der Waals surface area contributed by atoms with E-state index in [1.807, 2.05) is 24.3 Å². The zero-order valence-corrected chi connectivity index (χ0v) is 11.6. The Kier molecular flexibility index (Phi) is 4.03. The zero-order chi connectivity index (χ0) is 14.7. The minimum absolute atomic E-state index is 0.216. The average Bonchev–Trinajstić information content (AvgIpc) is 2.95. The minimum Gasteiger partial charge on any atom is -0.485 e. The van der Waals surface area contributed by atoms with Crippen LogP contribution in [0.2, 0.25) is 0 Å². The van der Waals surface area contributed by atoms with Crippen molar-refractivity contribution in [2.45, 2.75) is 18.6 Å². The summed E-state index contributed by atoms with van der Waals surface area (Å²) in [7, 11) is 1.52. The third kappa shape index (κ3) is 3.14. The first-order valence-corrected chi connectivity index (χ1v) is 6.64. The Labute approximate surface area is 121 Å². The second-order valence-corrected chi connectivity index (χ2v) is 4.72. The van der Waals surface area contributed by atoms with Crippen molar-refractivity contribution in [1.29, 1.82) is 0 Å². The van der Waals surface area contributed by atoms with Gasteiger partial charge in [-0.3, -0.25) is 0 Å². The van der Waals surface area contributed by atoms with Gasteiger partial charge in [0.25, 0.3) is 0 Å². The van der Waals surface area contributed by atoms with Crippen molar-refractivity contribution in [3.05, 3.63) is 36.0 Å². The summed E-state index contributed by atoms with van der Waals surface area (Å²) >= 11 is 0. The molecule has 2 atom stereocenters. The van der Waals surface area contributed by atoms with Crippen LogP contribution in [-0.4, -0.2) is 41.7 Å². The quantitative estimate of drug-likeness (QED) is 0.884. The maximum atomic E-state index is 9.64.